The summed E-state index contributed by atoms with van der Waals surface area (Å²) in [5, 5.41) is 3.87. The number of nitrogens with two attached hydrogens (primary N) is 1. The van der Waals surface area contributed by atoms with Crippen LogP contribution >= 0.6 is 11.3 Å². The highest BCUT2D eigenvalue weighted by Gasteiger charge is 2.23. The number of carbonyl (C=O) groups excluding carboxylic acids is 1. The van der Waals surface area contributed by atoms with E-state index in [9.17, 15) is 4.79 Å². The number of hydrogen-bond donors (Lipinski definition) is 2. The normalized spacial score (nSPS) is 16.0. The fraction of sp³-hybridized carbons (Fsp3) is 0.364. The summed E-state index contributed by atoms with van der Waals surface area (Å²) in [6.07, 6.45) is 4.44. The van der Waals surface area contributed by atoms with Crippen molar-refractivity contribution < 1.29 is 9.53 Å². The van der Waals surface area contributed by atoms with E-state index in [2.05, 4.69) is 18.3 Å². The van der Waals surface area contributed by atoms with Gasteiger partial charge in [0.05, 0.1) is 12.8 Å². The van der Waals surface area contributed by atoms with E-state index in [1.165, 1.54) is 35.4 Å². The van der Waals surface area contributed by atoms with E-state index >= 15 is 0 Å². The van der Waals surface area contributed by atoms with Gasteiger partial charge < -0.3 is 15.8 Å². The zero-order valence-electron chi connectivity index (χ0n) is 16.2. The van der Waals surface area contributed by atoms with E-state index < -0.39 is 0 Å². The van der Waals surface area contributed by atoms with Crippen molar-refractivity contribution in [3.05, 3.63) is 52.0 Å². The number of fused-ring (bicyclic) bond motifs is 2. The largest absolute Gasteiger partial charge is 0.496 e. The molecule has 1 aliphatic rings. The summed E-state index contributed by atoms with van der Waals surface area (Å²) >= 11 is 1.38. The van der Waals surface area contributed by atoms with Crippen LogP contribution in [0, 0.1) is 5.92 Å². The van der Waals surface area contributed by atoms with E-state index in [1.807, 2.05) is 24.3 Å². The van der Waals surface area contributed by atoms with Crippen LogP contribution < -0.4 is 15.8 Å². The van der Waals surface area contributed by atoms with Gasteiger partial charge >= 0.3 is 0 Å². The molecule has 28 heavy (non-hydrogen) atoms. The first-order chi connectivity index (χ1) is 13.6. The van der Waals surface area contributed by atoms with Gasteiger partial charge in [0.25, 0.3) is 5.91 Å². The molecule has 3 N–H and O–H groups in total. The fourth-order valence-electron chi connectivity index (χ4n) is 3.89. The van der Waals surface area contributed by atoms with Gasteiger partial charge in [-0.25, -0.2) is 4.98 Å². The van der Waals surface area contributed by atoms with Gasteiger partial charge in [0.2, 0.25) is 0 Å². The van der Waals surface area contributed by atoms with Crippen molar-refractivity contribution in [3.63, 3.8) is 0 Å². The SMILES string of the molecule is CC[C@@H]1CCc2nc3sc(C(=O)NCc4ccccc4OC)c(N)c3cc2C1. The molecule has 1 amide bonds. The summed E-state index contributed by atoms with van der Waals surface area (Å²) in [5.41, 5.74) is 10.3. The van der Waals surface area contributed by atoms with Gasteiger partial charge in [0.15, 0.2) is 0 Å². The van der Waals surface area contributed by atoms with Crippen molar-refractivity contribution >= 4 is 33.1 Å². The number of aromatic nitrogens is 1. The standard InChI is InChI=1S/C22H25N3O2S/c1-3-13-8-9-17-15(10-13)11-16-19(23)20(28-22(16)25-17)21(26)24-12-14-6-4-5-7-18(14)27-2/h4-7,11,13H,3,8-10,12,23H2,1-2H3,(H,24,26)/t13-/m1/s1. The van der Waals surface area contributed by atoms with Crippen LogP contribution in [-0.4, -0.2) is 18.0 Å². The smallest absolute Gasteiger partial charge is 0.263 e. The molecule has 0 spiro atoms. The lowest BCUT2D eigenvalue weighted by atomic mass is 9.85. The van der Waals surface area contributed by atoms with Crippen LogP contribution in [0.25, 0.3) is 10.2 Å². The van der Waals surface area contributed by atoms with E-state index in [0.29, 0.717) is 17.1 Å². The molecule has 6 heteroatoms. The van der Waals surface area contributed by atoms with Crippen molar-refractivity contribution in [1.29, 1.82) is 0 Å². The van der Waals surface area contributed by atoms with Crippen LogP contribution in [0.15, 0.2) is 30.3 Å². The third-order valence-corrected chi connectivity index (χ3v) is 6.72. The summed E-state index contributed by atoms with van der Waals surface area (Å²) in [4.78, 5) is 19.0. The summed E-state index contributed by atoms with van der Waals surface area (Å²) in [7, 11) is 1.63. The molecule has 0 saturated carbocycles. The number of nitrogen functional groups attached to an aromatic ring is 1. The van der Waals surface area contributed by atoms with Gasteiger partial charge in [-0.1, -0.05) is 31.5 Å². The van der Waals surface area contributed by atoms with Crippen LogP contribution in [-0.2, 0) is 19.4 Å². The Hall–Kier alpha value is -2.60. The molecule has 0 saturated heterocycles. The third-order valence-electron chi connectivity index (χ3n) is 5.60. The molecule has 146 valence electrons. The molecule has 2 heterocycles. The number of hydrogen-bond acceptors (Lipinski definition) is 5. The summed E-state index contributed by atoms with van der Waals surface area (Å²) in [6.45, 7) is 2.63. The molecule has 1 aromatic carbocycles. The van der Waals surface area contributed by atoms with Gasteiger partial charge in [0.1, 0.15) is 15.5 Å². The molecule has 2 aromatic heterocycles. The summed E-state index contributed by atoms with van der Waals surface area (Å²) < 4.78 is 5.35. The maximum Gasteiger partial charge on any atom is 0.263 e. The third kappa shape index (κ3) is 3.44. The Morgan fingerprint density at radius 3 is 3.00 bits per heavy atom. The Balaban J connectivity index is 1.58. The van der Waals surface area contributed by atoms with Crippen LogP contribution in [0.4, 0.5) is 5.69 Å². The molecule has 1 atom stereocenters. The van der Waals surface area contributed by atoms with Crippen LogP contribution in [0.5, 0.6) is 5.75 Å². The molecule has 0 radical (unpaired) electrons. The lowest BCUT2D eigenvalue weighted by Gasteiger charge is -2.22. The van der Waals surface area contributed by atoms with Crippen LogP contribution in [0.2, 0.25) is 0 Å². The van der Waals surface area contributed by atoms with Gasteiger partial charge in [-0.15, -0.1) is 11.3 Å². The average Bonchev–Trinajstić information content (AvgIpc) is 3.05. The van der Waals surface area contributed by atoms with Gasteiger partial charge in [-0.05, 0) is 42.9 Å². The highest BCUT2D eigenvalue weighted by molar-refractivity contribution is 7.21. The molecule has 5 nitrogen and oxygen atoms in total. The topological polar surface area (TPSA) is 77.2 Å². The summed E-state index contributed by atoms with van der Waals surface area (Å²) in [5.74, 6) is 1.30. The Morgan fingerprint density at radius 2 is 2.21 bits per heavy atom. The minimum atomic E-state index is -0.171. The van der Waals surface area contributed by atoms with Crippen molar-refractivity contribution in [2.24, 2.45) is 5.92 Å². The second-order valence-corrected chi connectivity index (χ2v) is 8.30. The molecule has 0 bridgehead atoms. The van der Waals surface area contributed by atoms with Crippen LogP contribution in [0.3, 0.4) is 0 Å². The van der Waals surface area contributed by atoms with E-state index in [4.69, 9.17) is 15.5 Å². The molecule has 3 aromatic rings. The lowest BCUT2D eigenvalue weighted by Crippen LogP contribution is -2.22. The number of nitrogens with zero attached hydrogens (tertiary/aromatic N) is 1. The maximum atomic E-state index is 12.8. The Morgan fingerprint density at radius 1 is 1.39 bits per heavy atom. The molecular weight excluding hydrogens is 370 g/mol. The predicted octanol–water partition coefficient (Wildman–Crippen LogP) is 4.33. The number of rotatable bonds is 5. The van der Waals surface area contributed by atoms with Gasteiger partial charge in [-0.3, -0.25) is 4.79 Å². The minimum Gasteiger partial charge on any atom is -0.496 e. The molecule has 4 rings (SSSR count). The second-order valence-electron chi connectivity index (χ2n) is 7.30. The number of carbonyl (C=O) groups is 1. The molecule has 0 unspecified atom stereocenters. The Kier molecular flexibility index (Phi) is 5.22. The van der Waals surface area contributed by atoms with Crippen molar-refractivity contribution in [2.45, 2.75) is 39.2 Å². The number of methoxy groups -OCH3 is 1. The minimum absolute atomic E-state index is 0.171. The molecule has 1 aliphatic carbocycles. The Labute approximate surface area is 168 Å². The van der Waals surface area contributed by atoms with Crippen LogP contribution in [0.1, 0.15) is 46.3 Å². The van der Waals surface area contributed by atoms with E-state index in [0.717, 1.165) is 40.3 Å². The average molecular weight is 396 g/mol. The van der Waals surface area contributed by atoms with Crippen molar-refractivity contribution in [3.8, 4) is 5.75 Å². The molecule has 0 aliphatic heterocycles. The number of benzene rings is 1. The first kappa shape index (κ1) is 18.7. The fourth-order valence-corrected chi connectivity index (χ4v) is 4.90. The first-order valence-electron chi connectivity index (χ1n) is 9.71. The van der Waals surface area contributed by atoms with E-state index in [-0.39, 0.29) is 5.91 Å². The number of thiophene rings is 1. The zero-order valence-corrected chi connectivity index (χ0v) is 17.1. The number of nitrogens with one attached hydrogen (secondary N) is 1. The zero-order chi connectivity index (χ0) is 19.7. The predicted molar refractivity (Wildman–Crippen MR) is 114 cm³/mol. The summed E-state index contributed by atoms with van der Waals surface area (Å²) in [6, 6.07) is 9.81. The highest BCUT2D eigenvalue weighted by atomic mass is 32.1. The number of anilines is 1. The van der Waals surface area contributed by atoms with Gasteiger partial charge in [-0.2, -0.15) is 0 Å². The molecule has 0 fully saturated rings. The Bertz CT molecular complexity index is 1030. The number of ether oxygens (including phenoxy) is 1. The quantitative estimate of drug-likeness (QED) is 0.674. The van der Waals surface area contributed by atoms with Crippen molar-refractivity contribution in [2.75, 3.05) is 12.8 Å². The first-order valence-corrected chi connectivity index (χ1v) is 10.5. The molecular formula is C22H25N3O2S. The number of pyridine rings is 1. The maximum absolute atomic E-state index is 12.8. The highest BCUT2D eigenvalue weighted by Crippen LogP contribution is 2.36. The number of aryl methyl sites for hydroxylation is 1. The monoisotopic (exact) mass is 395 g/mol. The van der Waals surface area contributed by atoms with E-state index in [1.54, 1.807) is 7.11 Å². The van der Waals surface area contributed by atoms with Crippen molar-refractivity contribution in [1.82, 2.24) is 10.3 Å². The number of amides is 1. The van der Waals surface area contributed by atoms with Gasteiger partial charge in [0, 0.05) is 23.2 Å². The second kappa shape index (κ2) is 7.80. The lowest BCUT2D eigenvalue weighted by molar-refractivity contribution is 0.0955. The number of para-hydroxylation sites is 1.